The number of nitro groups is 1. The summed E-state index contributed by atoms with van der Waals surface area (Å²) in [5.41, 5.74) is 5.31. The van der Waals surface area contributed by atoms with Crippen molar-refractivity contribution in [1.29, 1.82) is 0 Å². The van der Waals surface area contributed by atoms with Crippen molar-refractivity contribution in [3.05, 3.63) is 27.8 Å². The van der Waals surface area contributed by atoms with Crippen LogP contribution in [0.25, 0.3) is 0 Å². The van der Waals surface area contributed by atoms with Crippen molar-refractivity contribution in [3.63, 3.8) is 0 Å². The lowest BCUT2D eigenvalue weighted by Gasteiger charge is -2.11. The molecule has 0 radical (unpaired) electrons. The molecular weight excluding hydrogens is 216 g/mol. The Morgan fingerprint density at radius 3 is 2.44 bits per heavy atom. The molecule has 1 aromatic carbocycles. The Labute approximate surface area is 90.9 Å². The number of hydrogen-bond donors (Lipinski definition) is 4. The molecule has 7 heteroatoms. The van der Waals surface area contributed by atoms with Crippen molar-refractivity contribution in [2.24, 2.45) is 5.73 Å². The zero-order valence-electron chi connectivity index (χ0n) is 8.33. The van der Waals surface area contributed by atoms with E-state index in [0.717, 1.165) is 12.1 Å². The number of hydrogen-bond acceptors (Lipinski definition) is 6. The number of nitrogens with two attached hydrogens (primary N) is 1. The lowest BCUT2D eigenvalue weighted by atomic mass is 10.0. The van der Waals surface area contributed by atoms with Crippen LogP contribution in [0.2, 0.25) is 0 Å². The van der Waals surface area contributed by atoms with Gasteiger partial charge in [-0.25, -0.2) is 0 Å². The van der Waals surface area contributed by atoms with Crippen molar-refractivity contribution in [2.75, 3.05) is 6.61 Å². The van der Waals surface area contributed by atoms with Crippen LogP contribution in [-0.4, -0.2) is 26.8 Å². The summed E-state index contributed by atoms with van der Waals surface area (Å²) in [6.45, 7) is -0.222. The van der Waals surface area contributed by atoms with E-state index in [1.807, 2.05) is 0 Å². The van der Waals surface area contributed by atoms with E-state index >= 15 is 0 Å². The van der Waals surface area contributed by atoms with Crippen LogP contribution in [0.15, 0.2) is 12.1 Å². The number of phenols is 2. The maximum atomic E-state index is 10.7. The minimum Gasteiger partial charge on any atom is -0.504 e. The van der Waals surface area contributed by atoms with Crippen molar-refractivity contribution in [3.8, 4) is 11.5 Å². The molecule has 1 rings (SSSR count). The summed E-state index contributed by atoms with van der Waals surface area (Å²) in [6, 6.07) is 1.10. The number of aromatic hydroxyl groups is 2. The summed E-state index contributed by atoms with van der Waals surface area (Å²) in [5, 5.41) is 37.8. The number of aliphatic hydroxyl groups excluding tert-OH is 1. The van der Waals surface area contributed by atoms with Gasteiger partial charge in [0.15, 0.2) is 11.5 Å². The average Bonchev–Trinajstić information content (AvgIpc) is 2.21. The van der Waals surface area contributed by atoms with E-state index in [9.17, 15) is 15.2 Å². The zero-order chi connectivity index (χ0) is 12.3. The van der Waals surface area contributed by atoms with Gasteiger partial charge >= 0.3 is 0 Å². The summed E-state index contributed by atoms with van der Waals surface area (Å²) < 4.78 is 0. The fraction of sp³-hybridized carbons (Fsp3) is 0.333. The van der Waals surface area contributed by atoms with Crippen molar-refractivity contribution in [2.45, 2.75) is 12.5 Å². The van der Waals surface area contributed by atoms with Crippen LogP contribution >= 0.6 is 0 Å². The van der Waals surface area contributed by atoms with Crippen LogP contribution in [-0.2, 0) is 0 Å². The molecule has 0 bridgehead atoms. The summed E-state index contributed by atoms with van der Waals surface area (Å²) >= 11 is 0. The third-order valence-corrected chi connectivity index (χ3v) is 2.16. The standard InChI is InChI=1S/C9H12N2O5/c10-6(1-2-12)5-3-8(13)9(14)4-7(5)11(15)16/h3-4,6,12-14H,1-2,10H2. The minimum absolute atomic E-state index is 0.0781. The maximum Gasteiger partial charge on any atom is 0.278 e. The highest BCUT2D eigenvalue weighted by Gasteiger charge is 2.22. The molecule has 1 aromatic rings. The van der Waals surface area contributed by atoms with Gasteiger partial charge < -0.3 is 21.1 Å². The van der Waals surface area contributed by atoms with Gasteiger partial charge in [-0.05, 0) is 12.5 Å². The van der Waals surface area contributed by atoms with E-state index in [1.54, 1.807) is 0 Å². The molecule has 0 spiro atoms. The van der Waals surface area contributed by atoms with Crippen LogP contribution in [0.4, 0.5) is 5.69 Å². The number of aliphatic hydroxyl groups is 1. The Kier molecular flexibility index (Phi) is 3.64. The van der Waals surface area contributed by atoms with E-state index in [4.69, 9.17) is 15.9 Å². The molecule has 0 heterocycles. The minimum atomic E-state index is -0.767. The Bertz CT molecular complexity index is 407. The second-order valence-corrected chi connectivity index (χ2v) is 3.28. The molecule has 0 aliphatic rings. The Morgan fingerprint density at radius 1 is 1.38 bits per heavy atom. The first kappa shape index (κ1) is 12.2. The smallest absolute Gasteiger partial charge is 0.278 e. The van der Waals surface area contributed by atoms with Crippen LogP contribution in [0.5, 0.6) is 11.5 Å². The van der Waals surface area contributed by atoms with Crippen molar-refractivity contribution in [1.82, 2.24) is 0 Å². The van der Waals surface area contributed by atoms with Gasteiger partial charge in [0.1, 0.15) is 0 Å². The molecule has 1 unspecified atom stereocenters. The molecule has 7 nitrogen and oxygen atoms in total. The number of nitrogens with zero attached hydrogens (tertiary/aromatic N) is 1. The van der Waals surface area contributed by atoms with Crippen LogP contribution in [0.3, 0.4) is 0 Å². The molecule has 0 aliphatic heterocycles. The van der Waals surface area contributed by atoms with Crippen molar-refractivity contribution >= 4 is 5.69 Å². The second kappa shape index (κ2) is 4.77. The molecule has 88 valence electrons. The Morgan fingerprint density at radius 2 is 1.94 bits per heavy atom. The average molecular weight is 228 g/mol. The first-order chi connectivity index (χ1) is 7.47. The summed E-state index contributed by atoms with van der Waals surface area (Å²) in [4.78, 5) is 9.99. The highest BCUT2D eigenvalue weighted by Crippen LogP contribution is 2.35. The van der Waals surface area contributed by atoms with E-state index in [1.165, 1.54) is 0 Å². The highest BCUT2D eigenvalue weighted by atomic mass is 16.6. The molecular formula is C9H12N2O5. The largest absolute Gasteiger partial charge is 0.504 e. The van der Waals surface area contributed by atoms with E-state index < -0.39 is 22.5 Å². The van der Waals surface area contributed by atoms with E-state index in [0.29, 0.717) is 0 Å². The van der Waals surface area contributed by atoms with E-state index in [2.05, 4.69) is 0 Å². The third-order valence-electron chi connectivity index (χ3n) is 2.16. The lowest BCUT2D eigenvalue weighted by molar-refractivity contribution is -0.385. The molecule has 0 saturated heterocycles. The fourth-order valence-electron chi connectivity index (χ4n) is 1.33. The number of nitro benzene ring substituents is 1. The van der Waals surface area contributed by atoms with Crippen molar-refractivity contribution < 1.29 is 20.2 Å². The quantitative estimate of drug-likeness (QED) is 0.335. The molecule has 0 fully saturated rings. The topological polar surface area (TPSA) is 130 Å². The van der Waals surface area contributed by atoms with Crippen LogP contribution in [0.1, 0.15) is 18.0 Å². The summed E-state index contributed by atoms with van der Waals surface area (Å²) in [7, 11) is 0. The summed E-state index contributed by atoms with van der Waals surface area (Å²) in [5.74, 6) is -1.05. The zero-order valence-corrected chi connectivity index (χ0v) is 8.33. The third kappa shape index (κ3) is 2.38. The Balaban J connectivity index is 3.24. The summed E-state index contributed by atoms with van der Waals surface area (Å²) in [6.07, 6.45) is 0.130. The molecule has 0 aromatic heterocycles. The first-order valence-electron chi connectivity index (χ1n) is 4.54. The second-order valence-electron chi connectivity index (χ2n) is 3.28. The molecule has 1 atom stereocenters. The predicted molar refractivity (Wildman–Crippen MR) is 55.1 cm³/mol. The number of phenolic OH excluding ortho intramolecular Hbond substituents is 2. The van der Waals surface area contributed by atoms with Crippen LogP contribution < -0.4 is 5.73 Å². The first-order valence-corrected chi connectivity index (χ1v) is 4.54. The normalized spacial score (nSPS) is 12.4. The molecule has 16 heavy (non-hydrogen) atoms. The SMILES string of the molecule is NC(CCO)c1cc(O)c(O)cc1[N+](=O)[O-]. The van der Waals surface area contributed by atoms with Gasteiger partial charge in [-0.3, -0.25) is 10.1 Å². The molecule has 0 saturated carbocycles. The van der Waals surface area contributed by atoms with Gasteiger partial charge in [-0.15, -0.1) is 0 Å². The highest BCUT2D eigenvalue weighted by molar-refractivity contribution is 5.54. The Hall–Kier alpha value is -1.86. The van der Waals surface area contributed by atoms with Gasteiger partial charge in [-0.2, -0.15) is 0 Å². The maximum absolute atomic E-state index is 10.7. The monoisotopic (exact) mass is 228 g/mol. The number of rotatable bonds is 4. The van der Waals surface area contributed by atoms with Gasteiger partial charge in [0.2, 0.25) is 0 Å². The molecule has 0 aliphatic carbocycles. The van der Waals surface area contributed by atoms with Gasteiger partial charge in [0, 0.05) is 12.6 Å². The molecule has 5 N–H and O–H groups in total. The molecule has 0 amide bonds. The van der Waals surface area contributed by atoms with Gasteiger partial charge in [-0.1, -0.05) is 0 Å². The fourth-order valence-corrected chi connectivity index (χ4v) is 1.33. The van der Waals surface area contributed by atoms with E-state index in [-0.39, 0.29) is 24.3 Å². The van der Waals surface area contributed by atoms with Crippen LogP contribution in [0, 0.1) is 10.1 Å². The lowest BCUT2D eigenvalue weighted by Crippen LogP contribution is -2.13. The number of benzene rings is 1. The van der Waals surface area contributed by atoms with Gasteiger partial charge in [0.25, 0.3) is 5.69 Å². The van der Waals surface area contributed by atoms with Gasteiger partial charge in [0.05, 0.1) is 16.6 Å². The predicted octanol–water partition coefficient (Wildman–Crippen LogP) is 0.388.